The van der Waals surface area contributed by atoms with Gasteiger partial charge in [-0.15, -0.1) is 0 Å². The maximum Gasteiger partial charge on any atom is 0.205 e. The summed E-state index contributed by atoms with van der Waals surface area (Å²) in [4.78, 5) is 4.31. The predicted molar refractivity (Wildman–Crippen MR) is 50.6 cm³/mol. The SMILES string of the molecule is CC(C)NC(=NCC1CC1)NN. The van der Waals surface area contributed by atoms with Crippen molar-refractivity contribution in [1.29, 1.82) is 0 Å². The first kappa shape index (κ1) is 9.32. The third-order valence-electron chi connectivity index (χ3n) is 1.77. The van der Waals surface area contributed by atoms with Gasteiger partial charge in [-0.25, -0.2) is 5.84 Å². The molecule has 1 rings (SSSR count). The van der Waals surface area contributed by atoms with Crippen LogP contribution in [0.2, 0.25) is 0 Å². The lowest BCUT2D eigenvalue weighted by atomic mass is 10.4. The van der Waals surface area contributed by atoms with Crippen molar-refractivity contribution in [2.75, 3.05) is 6.54 Å². The molecule has 12 heavy (non-hydrogen) atoms. The quantitative estimate of drug-likeness (QED) is 0.246. The average Bonchev–Trinajstić information content (AvgIpc) is 2.80. The molecule has 0 bridgehead atoms. The van der Waals surface area contributed by atoms with Crippen LogP contribution in [0.1, 0.15) is 26.7 Å². The summed E-state index contributed by atoms with van der Waals surface area (Å²) in [6.07, 6.45) is 2.64. The highest BCUT2D eigenvalue weighted by atomic mass is 15.3. The third-order valence-corrected chi connectivity index (χ3v) is 1.77. The normalized spacial score (nSPS) is 18.2. The van der Waals surface area contributed by atoms with Crippen molar-refractivity contribution in [1.82, 2.24) is 10.7 Å². The second-order valence-electron chi connectivity index (χ2n) is 3.58. The van der Waals surface area contributed by atoms with Crippen LogP contribution in [-0.4, -0.2) is 18.5 Å². The van der Waals surface area contributed by atoms with Crippen LogP contribution < -0.4 is 16.6 Å². The Morgan fingerprint density at radius 2 is 2.25 bits per heavy atom. The van der Waals surface area contributed by atoms with Crippen LogP contribution in [0.4, 0.5) is 0 Å². The number of hydrazine groups is 1. The highest BCUT2D eigenvalue weighted by Crippen LogP contribution is 2.28. The standard InChI is InChI=1S/C8H18N4/c1-6(2)11-8(12-9)10-5-7-3-4-7/h6-7H,3-5,9H2,1-2H3,(H2,10,11,12). The second-order valence-corrected chi connectivity index (χ2v) is 3.58. The Kier molecular flexibility index (Phi) is 3.34. The molecule has 0 heterocycles. The van der Waals surface area contributed by atoms with E-state index < -0.39 is 0 Å². The zero-order valence-electron chi connectivity index (χ0n) is 7.80. The van der Waals surface area contributed by atoms with E-state index in [1.165, 1.54) is 12.8 Å². The first-order valence-electron chi connectivity index (χ1n) is 4.50. The number of hydrogen-bond donors (Lipinski definition) is 3. The number of nitrogens with zero attached hydrogens (tertiary/aromatic N) is 1. The number of guanidine groups is 1. The molecule has 1 aliphatic rings. The highest BCUT2D eigenvalue weighted by molar-refractivity contribution is 5.79. The first-order chi connectivity index (χ1) is 5.72. The molecule has 0 aromatic rings. The number of nitrogens with two attached hydrogens (primary N) is 1. The molecule has 4 nitrogen and oxygen atoms in total. The van der Waals surface area contributed by atoms with Gasteiger partial charge in [0, 0.05) is 12.6 Å². The van der Waals surface area contributed by atoms with E-state index in [9.17, 15) is 0 Å². The topological polar surface area (TPSA) is 62.4 Å². The van der Waals surface area contributed by atoms with Crippen molar-refractivity contribution >= 4 is 5.96 Å². The van der Waals surface area contributed by atoms with Gasteiger partial charge in [-0.3, -0.25) is 10.4 Å². The molecular weight excluding hydrogens is 152 g/mol. The fourth-order valence-electron chi connectivity index (χ4n) is 0.927. The smallest absolute Gasteiger partial charge is 0.205 e. The zero-order valence-corrected chi connectivity index (χ0v) is 7.80. The Morgan fingerprint density at radius 1 is 1.58 bits per heavy atom. The Hall–Kier alpha value is -0.770. The molecule has 1 fully saturated rings. The molecule has 1 aliphatic carbocycles. The predicted octanol–water partition coefficient (Wildman–Crippen LogP) is 0.214. The third kappa shape index (κ3) is 3.57. The highest BCUT2D eigenvalue weighted by Gasteiger charge is 2.20. The molecule has 4 N–H and O–H groups in total. The Balaban J connectivity index is 2.25. The van der Waals surface area contributed by atoms with Gasteiger partial charge in [-0.1, -0.05) is 0 Å². The molecule has 0 aliphatic heterocycles. The van der Waals surface area contributed by atoms with Gasteiger partial charge in [-0.05, 0) is 32.6 Å². The van der Waals surface area contributed by atoms with Gasteiger partial charge in [0.2, 0.25) is 5.96 Å². The van der Waals surface area contributed by atoms with Crippen molar-refractivity contribution in [2.45, 2.75) is 32.7 Å². The summed E-state index contributed by atoms with van der Waals surface area (Å²) < 4.78 is 0. The summed E-state index contributed by atoms with van der Waals surface area (Å²) in [5.41, 5.74) is 2.56. The number of hydrogen-bond acceptors (Lipinski definition) is 2. The molecule has 0 aromatic heterocycles. The summed E-state index contributed by atoms with van der Waals surface area (Å²) in [5, 5.41) is 3.13. The van der Waals surface area contributed by atoms with Crippen LogP contribution >= 0.6 is 0 Å². The molecule has 0 amide bonds. The van der Waals surface area contributed by atoms with Crippen LogP contribution in [0, 0.1) is 5.92 Å². The second kappa shape index (κ2) is 4.30. The molecular formula is C8H18N4. The summed E-state index contributed by atoms with van der Waals surface area (Å²) >= 11 is 0. The lowest BCUT2D eigenvalue weighted by Gasteiger charge is -2.11. The molecule has 0 aromatic carbocycles. The van der Waals surface area contributed by atoms with E-state index in [4.69, 9.17) is 5.84 Å². The largest absolute Gasteiger partial charge is 0.353 e. The fraction of sp³-hybridized carbons (Fsp3) is 0.875. The maximum atomic E-state index is 5.28. The van der Waals surface area contributed by atoms with Gasteiger partial charge < -0.3 is 5.32 Å². The summed E-state index contributed by atoms with van der Waals surface area (Å²) in [5.74, 6) is 6.80. The van der Waals surface area contributed by atoms with Crippen LogP contribution in [0.15, 0.2) is 4.99 Å². The lowest BCUT2D eigenvalue weighted by molar-refractivity contribution is 0.697. The zero-order chi connectivity index (χ0) is 8.97. The molecule has 0 saturated heterocycles. The first-order valence-corrected chi connectivity index (χ1v) is 4.50. The molecule has 70 valence electrons. The van der Waals surface area contributed by atoms with Crippen molar-refractivity contribution in [3.05, 3.63) is 0 Å². The maximum absolute atomic E-state index is 5.28. The van der Waals surface area contributed by atoms with Gasteiger partial charge in [-0.2, -0.15) is 0 Å². The van der Waals surface area contributed by atoms with E-state index in [1.807, 2.05) is 0 Å². The van der Waals surface area contributed by atoms with E-state index >= 15 is 0 Å². The minimum absolute atomic E-state index is 0.374. The molecule has 0 spiro atoms. The van der Waals surface area contributed by atoms with Crippen LogP contribution in [0.25, 0.3) is 0 Å². The Labute approximate surface area is 73.6 Å². The van der Waals surface area contributed by atoms with Crippen molar-refractivity contribution in [3.8, 4) is 0 Å². The minimum atomic E-state index is 0.374. The fourth-order valence-corrected chi connectivity index (χ4v) is 0.927. The van der Waals surface area contributed by atoms with Gasteiger partial charge in [0.1, 0.15) is 0 Å². The van der Waals surface area contributed by atoms with Crippen LogP contribution in [0.5, 0.6) is 0 Å². The van der Waals surface area contributed by atoms with E-state index in [0.717, 1.165) is 12.5 Å². The van der Waals surface area contributed by atoms with Crippen molar-refractivity contribution in [2.24, 2.45) is 16.8 Å². The monoisotopic (exact) mass is 170 g/mol. The van der Waals surface area contributed by atoms with E-state index in [0.29, 0.717) is 12.0 Å². The number of aliphatic imine (C=N–C) groups is 1. The average molecular weight is 170 g/mol. The van der Waals surface area contributed by atoms with Crippen molar-refractivity contribution in [3.63, 3.8) is 0 Å². The Morgan fingerprint density at radius 3 is 2.67 bits per heavy atom. The Bertz CT molecular complexity index is 160. The van der Waals surface area contributed by atoms with E-state index in [1.54, 1.807) is 0 Å². The number of nitrogens with one attached hydrogen (secondary N) is 2. The van der Waals surface area contributed by atoms with Gasteiger partial charge in [0.05, 0.1) is 0 Å². The van der Waals surface area contributed by atoms with Gasteiger partial charge in [0.15, 0.2) is 0 Å². The minimum Gasteiger partial charge on any atom is -0.353 e. The summed E-state index contributed by atoms with van der Waals surface area (Å²) in [7, 11) is 0. The molecule has 4 heteroatoms. The van der Waals surface area contributed by atoms with Gasteiger partial charge in [0.25, 0.3) is 0 Å². The number of rotatable bonds is 3. The van der Waals surface area contributed by atoms with Crippen molar-refractivity contribution < 1.29 is 0 Å². The van der Waals surface area contributed by atoms with Gasteiger partial charge >= 0.3 is 0 Å². The molecule has 1 saturated carbocycles. The summed E-state index contributed by atoms with van der Waals surface area (Å²) in [6.45, 7) is 5.02. The van der Waals surface area contributed by atoms with E-state index in [2.05, 4.69) is 29.6 Å². The summed E-state index contributed by atoms with van der Waals surface area (Å²) in [6, 6.07) is 0.374. The molecule has 0 unspecified atom stereocenters. The lowest BCUT2D eigenvalue weighted by Crippen LogP contribution is -2.44. The van der Waals surface area contributed by atoms with Crippen LogP contribution in [-0.2, 0) is 0 Å². The van der Waals surface area contributed by atoms with Crippen LogP contribution in [0.3, 0.4) is 0 Å². The molecule has 0 radical (unpaired) electrons. The van der Waals surface area contributed by atoms with E-state index in [-0.39, 0.29) is 0 Å². The molecule has 0 atom stereocenters.